The molecule has 1 aliphatic heterocycles. The summed E-state index contributed by atoms with van der Waals surface area (Å²) in [4.78, 5) is 12.9. The summed E-state index contributed by atoms with van der Waals surface area (Å²) in [6.07, 6.45) is 0.693. The number of hydrogen-bond acceptors (Lipinski definition) is 4. The third-order valence-corrected chi connectivity index (χ3v) is 4.68. The second-order valence-electron chi connectivity index (χ2n) is 7.36. The van der Waals surface area contributed by atoms with Crippen molar-refractivity contribution >= 4 is 5.91 Å². The summed E-state index contributed by atoms with van der Waals surface area (Å²) in [5.74, 6) is 2.01. The van der Waals surface area contributed by atoms with Gasteiger partial charge in [-0.1, -0.05) is 31.2 Å². The molecule has 2 aromatic carbocycles. The molecule has 0 fully saturated rings. The van der Waals surface area contributed by atoms with E-state index in [0.717, 1.165) is 11.3 Å². The Labute approximate surface area is 160 Å². The number of carbonyl (C=O) groups is 1. The molecule has 144 valence electrons. The minimum Gasteiger partial charge on any atom is -0.497 e. The standard InChI is InChI=1S/C22H27NO4/c1-5-19(26-16-10-8-9-15(13-16)25-4)21(24)23-18-14-22(2,3)27-20-12-7-6-11-17(18)20/h6-13,18-19H,5,14H2,1-4H3,(H,23,24)/t18-,19-/m0/s1. The molecule has 0 radical (unpaired) electrons. The number of fused-ring (bicyclic) bond motifs is 1. The first kappa shape index (κ1) is 19.1. The maximum absolute atomic E-state index is 12.9. The number of rotatable bonds is 6. The molecule has 5 nitrogen and oxygen atoms in total. The van der Waals surface area contributed by atoms with Gasteiger partial charge in [0.15, 0.2) is 6.10 Å². The average molecular weight is 369 g/mol. The number of amides is 1. The molecule has 0 unspecified atom stereocenters. The molecule has 5 heteroatoms. The number of hydrogen-bond donors (Lipinski definition) is 1. The van der Waals surface area contributed by atoms with Crippen LogP contribution >= 0.6 is 0 Å². The fraction of sp³-hybridized carbons (Fsp3) is 0.409. The molecular formula is C22H27NO4. The van der Waals surface area contributed by atoms with Crippen LogP contribution in [0.5, 0.6) is 17.2 Å². The van der Waals surface area contributed by atoms with E-state index < -0.39 is 6.10 Å². The van der Waals surface area contributed by atoms with Crippen molar-refractivity contribution in [3.8, 4) is 17.2 Å². The van der Waals surface area contributed by atoms with Gasteiger partial charge in [0.2, 0.25) is 0 Å². The van der Waals surface area contributed by atoms with Crippen LogP contribution in [-0.2, 0) is 4.79 Å². The summed E-state index contributed by atoms with van der Waals surface area (Å²) in [5.41, 5.74) is 0.656. The van der Waals surface area contributed by atoms with Crippen LogP contribution in [0.1, 0.15) is 45.2 Å². The van der Waals surface area contributed by atoms with Crippen LogP contribution in [0, 0.1) is 0 Å². The molecule has 0 saturated carbocycles. The Bertz CT molecular complexity index is 802. The third-order valence-electron chi connectivity index (χ3n) is 4.68. The van der Waals surface area contributed by atoms with Gasteiger partial charge in [0.05, 0.1) is 13.2 Å². The molecule has 3 rings (SSSR count). The lowest BCUT2D eigenvalue weighted by Gasteiger charge is -2.38. The van der Waals surface area contributed by atoms with E-state index in [1.54, 1.807) is 13.2 Å². The van der Waals surface area contributed by atoms with Crippen LogP contribution in [0.25, 0.3) is 0 Å². The van der Waals surface area contributed by atoms with E-state index in [1.165, 1.54) is 0 Å². The predicted octanol–water partition coefficient (Wildman–Crippen LogP) is 4.27. The Morgan fingerprint density at radius 2 is 1.96 bits per heavy atom. The van der Waals surface area contributed by atoms with Crippen LogP contribution < -0.4 is 19.5 Å². The van der Waals surface area contributed by atoms with E-state index in [0.29, 0.717) is 24.3 Å². The first-order valence-electron chi connectivity index (χ1n) is 9.31. The van der Waals surface area contributed by atoms with Crippen LogP contribution in [0.4, 0.5) is 0 Å². The van der Waals surface area contributed by atoms with E-state index in [4.69, 9.17) is 14.2 Å². The van der Waals surface area contributed by atoms with Crippen LogP contribution in [-0.4, -0.2) is 24.7 Å². The summed E-state index contributed by atoms with van der Waals surface area (Å²) < 4.78 is 17.2. The zero-order valence-electron chi connectivity index (χ0n) is 16.3. The van der Waals surface area contributed by atoms with Crippen molar-refractivity contribution in [3.63, 3.8) is 0 Å². The monoisotopic (exact) mass is 369 g/mol. The Balaban J connectivity index is 1.74. The van der Waals surface area contributed by atoms with Crippen molar-refractivity contribution in [1.82, 2.24) is 5.32 Å². The fourth-order valence-electron chi connectivity index (χ4n) is 3.36. The summed E-state index contributed by atoms with van der Waals surface area (Å²) >= 11 is 0. The second kappa shape index (κ2) is 7.91. The highest BCUT2D eigenvalue weighted by Gasteiger charge is 2.35. The maximum atomic E-state index is 12.9. The third kappa shape index (κ3) is 4.54. The minimum atomic E-state index is -0.574. The quantitative estimate of drug-likeness (QED) is 0.826. The van der Waals surface area contributed by atoms with Crippen LogP contribution in [0.3, 0.4) is 0 Å². The molecule has 2 atom stereocenters. The number of benzene rings is 2. The van der Waals surface area contributed by atoms with E-state index in [-0.39, 0.29) is 17.6 Å². The van der Waals surface area contributed by atoms with Gasteiger partial charge in [0.1, 0.15) is 22.8 Å². The highest BCUT2D eigenvalue weighted by Crippen LogP contribution is 2.39. The smallest absolute Gasteiger partial charge is 0.261 e. The van der Waals surface area contributed by atoms with Gasteiger partial charge < -0.3 is 19.5 Å². The fourth-order valence-corrected chi connectivity index (χ4v) is 3.36. The number of para-hydroxylation sites is 1. The molecule has 1 aliphatic rings. The largest absolute Gasteiger partial charge is 0.497 e. The number of methoxy groups -OCH3 is 1. The van der Waals surface area contributed by atoms with Crippen LogP contribution in [0.2, 0.25) is 0 Å². The molecule has 1 heterocycles. The van der Waals surface area contributed by atoms with Gasteiger partial charge in [-0.3, -0.25) is 4.79 Å². The van der Waals surface area contributed by atoms with Crippen molar-refractivity contribution in [2.75, 3.05) is 7.11 Å². The summed E-state index contributed by atoms with van der Waals surface area (Å²) in [5, 5.41) is 3.16. The SMILES string of the molecule is CC[C@H](Oc1cccc(OC)c1)C(=O)N[C@H]1CC(C)(C)Oc2ccccc21. The van der Waals surface area contributed by atoms with Crippen LogP contribution in [0.15, 0.2) is 48.5 Å². The van der Waals surface area contributed by atoms with Gasteiger partial charge in [-0.2, -0.15) is 0 Å². The Hall–Kier alpha value is -2.69. The molecular weight excluding hydrogens is 342 g/mol. The lowest BCUT2D eigenvalue weighted by Crippen LogP contribution is -2.45. The molecule has 0 aromatic heterocycles. The van der Waals surface area contributed by atoms with Crippen molar-refractivity contribution in [1.29, 1.82) is 0 Å². The average Bonchev–Trinajstić information content (AvgIpc) is 2.65. The highest BCUT2D eigenvalue weighted by atomic mass is 16.5. The molecule has 0 saturated heterocycles. The molecule has 1 amide bonds. The van der Waals surface area contributed by atoms with E-state index in [2.05, 4.69) is 5.32 Å². The van der Waals surface area contributed by atoms with Crippen molar-refractivity contribution < 1.29 is 19.0 Å². The first-order valence-corrected chi connectivity index (χ1v) is 9.31. The number of carbonyl (C=O) groups excluding carboxylic acids is 1. The van der Waals surface area contributed by atoms with Gasteiger partial charge in [-0.15, -0.1) is 0 Å². The van der Waals surface area contributed by atoms with Gasteiger partial charge >= 0.3 is 0 Å². The molecule has 2 aromatic rings. The van der Waals surface area contributed by atoms with Gasteiger partial charge in [0.25, 0.3) is 5.91 Å². The molecule has 1 N–H and O–H groups in total. The maximum Gasteiger partial charge on any atom is 0.261 e. The Morgan fingerprint density at radius 3 is 2.70 bits per heavy atom. The lowest BCUT2D eigenvalue weighted by molar-refractivity contribution is -0.129. The summed E-state index contributed by atoms with van der Waals surface area (Å²) in [6, 6.07) is 15.0. The molecule has 27 heavy (non-hydrogen) atoms. The molecule has 0 aliphatic carbocycles. The van der Waals surface area contributed by atoms with Gasteiger partial charge in [0, 0.05) is 18.1 Å². The summed E-state index contributed by atoms with van der Waals surface area (Å²) in [6.45, 7) is 6.00. The minimum absolute atomic E-state index is 0.111. The second-order valence-corrected chi connectivity index (χ2v) is 7.36. The molecule has 0 spiro atoms. The Kier molecular flexibility index (Phi) is 5.59. The molecule has 0 bridgehead atoms. The Morgan fingerprint density at radius 1 is 1.22 bits per heavy atom. The lowest BCUT2D eigenvalue weighted by atomic mass is 9.89. The van der Waals surface area contributed by atoms with E-state index in [9.17, 15) is 4.79 Å². The highest BCUT2D eigenvalue weighted by molar-refractivity contribution is 5.81. The van der Waals surface area contributed by atoms with Crippen molar-refractivity contribution in [3.05, 3.63) is 54.1 Å². The zero-order chi connectivity index (χ0) is 19.4. The predicted molar refractivity (Wildman–Crippen MR) is 104 cm³/mol. The number of ether oxygens (including phenoxy) is 3. The van der Waals surface area contributed by atoms with Gasteiger partial charge in [-0.05, 0) is 38.5 Å². The van der Waals surface area contributed by atoms with E-state index >= 15 is 0 Å². The normalized spacial score (nSPS) is 18.6. The number of nitrogens with one attached hydrogen (secondary N) is 1. The zero-order valence-corrected chi connectivity index (χ0v) is 16.3. The van der Waals surface area contributed by atoms with E-state index in [1.807, 2.05) is 63.2 Å². The van der Waals surface area contributed by atoms with Gasteiger partial charge in [-0.25, -0.2) is 0 Å². The van der Waals surface area contributed by atoms with Crippen molar-refractivity contribution in [2.45, 2.75) is 51.4 Å². The first-order chi connectivity index (χ1) is 12.9. The topological polar surface area (TPSA) is 56.8 Å². The van der Waals surface area contributed by atoms with Crippen molar-refractivity contribution in [2.24, 2.45) is 0 Å². The summed E-state index contributed by atoms with van der Waals surface area (Å²) in [7, 11) is 1.60.